The first-order chi connectivity index (χ1) is 6.46. The van der Waals surface area contributed by atoms with Crippen molar-refractivity contribution in [1.29, 1.82) is 5.26 Å². The van der Waals surface area contributed by atoms with Gasteiger partial charge in [0, 0.05) is 13.5 Å². The smallest absolute Gasteiger partial charge is 0.0833 e. The van der Waals surface area contributed by atoms with Gasteiger partial charge in [-0.05, 0) is 26.7 Å². The molecule has 0 aromatic rings. The van der Waals surface area contributed by atoms with Gasteiger partial charge < -0.3 is 9.84 Å². The van der Waals surface area contributed by atoms with Crippen LogP contribution in [0.4, 0.5) is 0 Å². The van der Waals surface area contributed by atoms with Crippen LogP contribution in [-0.2, 0) is 4.74 Å². The Kier molecular flexibility index (Phi) is 3.18. The third-order valence-electron chi connectivity index (χ3n) is 3.34. The summed E-state index contributed by atoms with van der Waals surface area (Å²) in [6, 6.07) is 2.26. The maximum absolute atomic E-state index is 9.98. The zero-order chi connectivity index (χ0) is 10.8. The molecule has 0 bridgehead atoms. The average molecular weight is 197 g/mol. The molecule has 1 saturated carbocycles. The molecule has 1 N–H and O–H groups in total. The van der Waals surface area contributed by atoms with Gasteiger partial charge in [0.2, 0.25) is 0 Å². The minimum atomic E-state index is -0.559. The molecule has 0 aliphatic heterocycles. The van der Waals surface area contributed by atoms with Crippen LogP contribution in [0.3, 0.4) is 0 Å². The minimum Gasteiger partial charge on any atom is -0.391 e. The molecule has 0 heterocycles. The minimum absolute atomic E-state index is 0.348. The van der Waals surface area contributed by atoms with Crippen molar-refractivity contribution in [2.75, 3.05) is 7.11 Å². The third kappa shape index (κ3) is 2.08. The molecule has 0 aromatic carbocycles. The van der Waals surface area contributed by atoms with Crippen LogP contribution in [0.2, 0.25) is 0 Å². The summed E-state index contributed by atoms with van der Waals surface area (Å²) in [6.07, 6.45) is 2.67. The molecule has 0 spiro atoms. The predicted octanol–water partition coefficient (Wildman–Crippen LogP) is 1.86. The van der Waals surface area contributed by atoms with E-state index in [4.69, 9.17) is 10.00 Å². The molecule has 3 nitrogen and oxygen atoms in total. The van der Waals surface area contributed by atoms with E-state index in [1.54, 1.807) is 7.11 Å². The van der Waals surface area contributed by atoms with Gasteiger partial charge in [-0.1, -0.05) is 6.42 Å². The van der Waals surface area contributed by atoms with Crippen LogP contribution in [0.15, 0.2) is 0 Å². The van der Waals surface area contributed by atoms with Crippen molar-refractivity contribution < 1.29 is 9.84 Å². The first-order valence-electron chi connectivity index (χ1n) is 5.10. The molecule has 1 aliphatic carbocycles. The highest BCUT2D eigenvalue weighted by atomic mass is 16.5. The molecule has 0 amide bonds. The number of rotatable bonds is 4. The van der Waals surface area contributed by atoms with Gasteiger partial charge in [-0.15, -0.1) is 0 Å². The fourth-order valence-corrected chi connectivity index (χ4v) is 1.82. The summed E-state index contributed by atoms with van der Waals surface area (Å²) < 4.78 is 5.25. The van der Waals surface area contributed by atoms with Gasteiger partial charge in [0.05, 0.1) is 23.2 Å². The molecule has 0 radical (unpaired) electrons. The molecule has 1 atom stereocenters. The van der Waals surface area contributed by atoms with E-state index in [1.165, 1.54) is 0 Å². The highest BCUT2D eigenvalue weighted by Gasteiger charge is 2.45. The molecule has 1 rings (SSSR count). The zero-order valence-corrected chi connectivity index (χ0v) is 9.21. The Morgan fingerprint density at radius 3 is 2.43 bits per heavy atom. The van der Waals surface area contributed by atoms with E-state index in [2.05, 4.69) is 6.07 Å². The van der Waals surface area contributed by atoms with Gasteiger partial charge >= 0.3 is 0 Å². The van der Waals surface area contributed by atoms with Crippen molar-refractivity contribution >= 4 is 0 Å². The van der Waals surface area contributed by atoms with Crippen LogP contribution in [0, 0.1) is 16.7 Å². The van der Waals surface area contributed by atoms with Gasteiger partial charge in [0.1, 0.15) is 0 Å². The maximum atomic E-state index is 9.98. The van der Waals surface area contributed by atoms with E-state index in [1.807, 2.05) is 13.8 Å². The molecule has 14 heavy (non-hydrogen) atoms. The van der Waals surface area contributed by atoms with E-state index in [-0.39, 0.29) is 5.60 Å². The number of ether oxygens (including phenoxy) is 1. The third-order valence-corrected chi connectivity index (χ3v) is 3.34. The van der Waals surface area contributed by atoms with Crippen molar-refractivity contribution in [3.63, 3.8) is 0 Å². The number of nitriles is 1. The highest BCUT2D eigenvalue weighted by molar-refractivity contribution is 5.09. The van der Waals surface area contributed by atoms with Gasteiger partial charge in [0.25, 0.3) is 0 Å². The summed E-state index contributed by atoms with van der Waals surface area (Å²) in [5.41, 5.74) is -0.839. The summed E-state index contributed by atoms with van der Waals surface area (Å²) in [6.45, 7) is 3.86. The monoisotopic (exact) mass is 197 g/mol. The van der Waals surface area contributed by atoms with Crippen molar-refractivity contribution in [2.24, 2.45) is 5.41 Å². The van der Waals surface area contributed by atoms with Crippen LogP contribution in [0.5, 0.6) is 0 Å². The van der Waals surface area contributed by atoms with Crippen molar-refractivity contribution in [2.45, 2.75) is 51.2 Å². The van der Waals surface area contributed by atoms with Gasteiger partial charge in [0.15, 0.2) is 0 Å². The number of aliphatic hydroxyl groups is 1. The summed E-state index contributed by atoms with van der Waals surface area (Å²) in [7, 11) is 1.63. The topological polar surface area (TPSA) is 53.2 Å². The number of methoxy groups -OCH3 is 1. The lowest BCUT2D eigenvalue weighted by Gasteiger charge is -2.41. The SMILES string of the molecule is COC(C)(C)CC(O)C1(C#N)CCC1. The molecular weight excluding hydrogens is 178 g/mol. The lowest BCUT2D eigenvalue weighted by atomic mass is 9.64. The molecule has 80 valence electrons. The van der Waals surface area contributed by atoms with Crippen LogP contribution in [0.25, 0.3) is 0 Å². The van der Waals surface area contributed by atoms with E-state index in [0.29, 0.717) is 6.42 Å². The Labute approximate surface area is 85.7 Å². The lowest BCUT2D eigenvalue weighted by Crippen LogP contribution is -2.44. The van der Waals surface area contributed by atoms with Crippen molar-refractivity contribution in [3.05, 3.63) is 0 Å². The molecular formula is C11H19NO2. The van der Waals surface area contributed by atoms with Crippen LogP contribution in [0.1, 0.15) is 39.5 Å². The van der Waals surface area contributed by atoms with Crippen molar-refractivity contribution in [3.8, 4) is 6.07 Å². The molecule has 1 fully saturated rings. The van der Waals surface area contributed by atoms with Crippen LogP contribution >= 0.6 is 0 Å². The second-order valence-corrected chi connectivity index (χ2v) is 4.81. The van der Waals surface area contributed by atoms with E-state index >= 15 is 0 Å². The van der Waals surface area contributed by atoms with Gasteiger partial charge in [-0.25, -0.2) is 0 Å². The Bertz CT molecular complexity index is 238. The standard InChI is InChI=1S/C11H19NO2/c1-10(2,14-3)7-9(13)11(8-12)5-4-6-11/h9,13H,4-7H2,1-3H3. The Balaban J connectivity index is 2.58. The number of hydrogen-bond donors (Lipinski definition) is 1. The average Bonchev–Trinajstić information content (AvgIpc) is 2.02. The van der Waals surface area contributed by atoms with E-state index in [9.17, 15) is 5.11 Å². The van der Waals surface area contributed by atoms with Crippen LogP contribution in [-0.4, -0.2) is 23.9 Å². The molecule has 0 saturated heterocycles. The second kappa shape index (κ2) is 3.88. The summed E-state index contributed by atoms with van der Waals surface area (Å²) in [4.78, 5) is 0. The molecule has 0 aromatic heterocycles. The Morgan fingerprint density at radius 1 is 1.57 bits per heavy atom. The number of hydrogen-bond acceptors (Lipinski definition) is 3. The number of aliphatic hydroxyl groups excluding tert-OH is 1. The summed E-state index contributed by atoms with van der Waals surface area (Å²) in [5, 5.41) is 19.0. The Hall–Kier alpha value is -0.590. The number of nitrogens with zero attached hydrogens (tertiary/aromatic N) is 1. The molecule has 1 unspecified atom stereocenters. The second-order valence-electron chi connectivity index (χ2n) is 4.81. The zero-order valence-electron chi connectivity index (χ0n) is 9.21. The van der Waals surface area contributed by atoms with Gasteiger partial charge in [-0.2, -0.15) is 5.26 Å². The molecule has 3 heteroatoms. The largest absolute Gasteiger partial charge is 0.391 e. The fourth-order valence-electron chi connectivity index (χ4n) is 1.82. The van der Waals surface area contributed by atoms with Crippen LogP contribution < -0.4 is 0 Å². The van der Waals surface area contributed by atoms with Crippen molar-refractivity contribution in [1.82, 2.24) is 0 Å². The normalized spacial score (nSPS) is 22.2. The fraction of sp³-hybridized carbons (Fsp3) is 0.909. The molecule has 1 aliphatic rings. The first-order valence-corrected chi connectivity index (χ1v) is 5.10. The van der Waals surface area contributed by atoms with E-state index < -0.39 is 11.5 Å². The first kappa shape index (κ1) is 11.5. The quantitative estimate of drug-likeness (QED) is 0.748. The van der Waals surface area contributed by atoms with E-state index in [0.717, 1.165) is 19.3 Å². The highest BCUT2D eigenvalue weighted by Crippen LogP contribution is 2.45. The predicted molar refractivity (Wildman–Crippen MR) is 53.6 cm³/mol. The Morgan fingerprint density at radius 2 is 2.14 bits per heavy atom. The maximum Gasteiger partial charge on any atom is 0.0833 e. The summed E-state index contributed by atoms with van der Waals surface area (Å²) >= 11 is 0. The summed E-state index contributed by atoms with van der Waals surface area (Å²) in [5.74, 6) is 0. The van der Waals surface area contributed by atoms with Gasteiger partial charge in [-0.3, -0.25) is 0 Å². The lowest BCUT2D eigenvalue weighted by molar-refractivity contribution is -0.0669.